The lowest BCUT2D eigenvalue weighted by Crippen LogP contribution is -2.47. The summed E-state index contributed by atoms with van der Waals surface area (Å²) in [6, 6.07) is 15.2. The fourth-order valence-corrected chi connectivity index (χ4v) is 2.95. The van der Waals surface area contributed by atoms with E-state index in [-0.39, 0.29) is 23.8 Å². The second-order valence-electron chi connectivity index (χ2n) is 8.21. The van der Waals surface area contributed by atoms with Gasteiger partial charge in [0.1, 0.15) is 6.04 Å². The van der Waals surface area contributed by atoms with E-state index in [0.29, 0.717) is 28.7 Å². The molecule has 8 heteroatoms. The molecule has 1 atom stereocenters. The highest BCUT2D eigenvalue weighted by atomic mass is 35.5. The Morgan fingerprint density at radius 1 is 1.06 bits per heavy atom. The van der Waals surface area contributed by atoms with E-state index < -0.39 is 6.04 Å². The Labute approximate surface area is 186 Å². The SMILES string of the molecule is CC(C)(C)c1nc(CNC(=O)C(Cc2ccccc2)NC(=O)c2ccc(Cl)cc2)no1. The normalized spacial score (nSPS) is 12.3. The van der Waals surface area contributed by atoms with Crippen molar-refractivity contribution in [3.8, 4) is 0 Å². The van der Waals surface area contributed by atoms with Crippen LogP contribution in [0.4, 0.5) is 0 Å². The van der Waals surface area contributed by atoms with Gasteiger partial charge in [-0.2, -0.15) is 4.98 Å². The van der Waals surface area contributed by atoms with Crippen molar-refractivity contribution in [3.63, 3.8) is 0 Å². The van der Waals surface area contributed by atoms with E-state index in [1.807, 2.05) is 51.1 Å². The molecule has 0 saturated heterocycles. The van der Waals surface area contributed by atoms with Crippen LogP contribution in [0.3, 0.4) is 0 Å². The molecule has 31 heavy (non-hydrogen) atoms. The average molecular weight is 441 g/mol. The van der Waals surface area contributed by atoms with Crippen LogP contribution in [0, 0.1) is 0 Å². The van der Waals surface area contributed by atoms with Crippen molar-refractivity contribution in [2.75, 3.05) is 0 Å². The van der Waals surface area contributed by atoms with Gasteiger partial charge in [0.05, 0.1) is 6.54 Å². The lowest BCUT2D eigenvalue weighted by atomic mass is 9.97. The zero-order chi connectivity index (χ0) is 22.4. The number of carbonyl (C=O) groups excluding carboxylic acids is 2. The smallest absolute Gasteiger partial charge is 0.251 e. The number of carbonyl (C=O) groups is 2. The monoisotopic (exact) mass is 440 g/mol. The summed E-state index contributed by atoms with van der Waals surface area (Å²) >= 11 is 5.89. The van der Waals surface area contributed by atoms with Gasteiger partial charge in [-0.1, -0.05) is 67.9 Å². The van der Waals surface area contributed by atoms with E-state index in [2.05, 4.69) is 20.8 Å². The quantitative estimate of drug-likeness (QED) is 0.584. The maximum absolute atomic E-state index is 12.9. The third-order valence-electron chi connectivity index (χ3n) is 4.54. The standard InChI is InChI=1S/C23H25ClN4O3/c1-23(2,3)22-27-19(28-31-22)14-25-21(30)18(13-15-7-5-4-6-8-15)26-20(29)16-9-11-17(24)12-10-16/h4-12,18H,13-14H2,1-3H3,(H,25,30)(H,26,29). The van der Waals surface area contributed by atoms with E-state index in [1.165, 1.54) is 0 Å². The van der Waals surface area contributed by atoms with E-state index in [4.69, 9.17) is 16.1 Å². The van der Waals surface area contributed by atoms with Gasteiger partial charge in [-0.15, -0.1) is 0 Å². The molecular formula is C23H25ClN4O3. The van der Waals surface area contributed by atoms with Gasteiger partial charge in [0, 0.05) is 22.4 Å². The summed E-state index contributed by atoms with van der Waals surface area (Å²) in [5.41, 5.74) is 1.06. The lowest BCUT2D eigenvalue weighted by Gasteiger charge is -2.18. The molecule has 162 valence electrons. The van der Waals surface area contributed by atoms with Crippen LogP contribution in [0.2, 0.25) is 5.02 Å². The molecule has 1 heterocycles. The Morgan fingerprint density at radius 3 is 2.35 bits per heavy atom. The van der Waals surface area contributed by atoms with Crippen LogP contribution in [-0.2, 0) is 23.2 Å². The van der Waals surface area contributed by atoms with Crippen LogP contribution >= 0.6 is 11.6 Å². The third kappa shape index (κ3) is 6.39. The van der Waals surface area contributed by atoms with Crippen LogP contribution in [0.15, 0.2) is 59.1 Å². The maximum atomic E-state index is 12.9. The molecule has 1 aromatic heterocycles. The molecule has 2 N–H and O–H groups in total. The van der Waals surface area contributed by atoms with Crippen LogP contribution in [0.5, 0.6) is 0 Å². The van der Waals surface area contributed by atoms with Crippen LogP contribution < -0.4 is 10.6 Å². The van der Waals surface area contributed by atoms with Crippen LogP contribution in [0.1, 0.15) is 48.4 Å². The molecule has 3 aromatic rings. The Hall–Kier alpha value is -3.19. The van der Waals surface area contributed by atoms with Gasteiger partial charge in [0.25, 0.3) is 5.91 Å². The van der Waals surface area contributed by atoms with Crippen molar-refractivity contribution in [2.45, 2.75) is 45.2 Å². The Bertz CT molecular complexity index is 1030. The zero-order valence-corrected chi connectivity index (χ0v) is 18.4. The maximum Gasteiger partial charge on any atom is 0.251 e. The van der Waals surface area contributed by atoms with Crippen molar-refractivity contribution < 1.29 is 14.1 Å². The first-order valence-corrected chi connectivity index (χ1v) is 10.3. The molecule has 0 aliphatic carbocycles. The zero-order valence-electron chi connectivity index (χ0n) is 17.7. The van der Waals surface area contributed by atoms with Gasteiger partial charge in [-0.25, -0.2) is 0 Å². The largest absolute Gasteiger partial charge is 0.347 e. The summed E-state index contributed by atoms with van der Waals surface area (Å²) in [6.07, 6.45) is 0.339. The predicted molar refractivity (Wildman–Crippen MR) is 118 cm³/mol. The molecule has 0 bridgehead atoms. The summed E-state index contributed by atoms with van der Waals surface area (Å²) < 4.78 is 5.26. The van der Waals surface area contributed by atoms with Crippen LogP contribution in [0.25, 0.3) is 0 Å². The fraction of sp³-hybridized carbons (Fsp3) is 0.304. The Morgan fingerprint density at radius 2 is 1.74 bits per heavy atom. The number of halogens is 1. The first-order chi connectivity index (χ1) is 14.7. The van der Waals surface area contributed by atoms with Crippen molar-refractivity contribution >= 4 is 23.4 Å². The minimum Gasteiger partial charge on any atom is -0.347 e. The summed E-state index contributed by atoms with van der Waals surface area (Å²) in [6.45, 7) is 5.99. The number of benzene rings is 2. The highest BCUT2D eigenvalue weighted by molar-refractivity contribution is 6.30. The molecule has 0 fully saturated rings. The highest BCUT2D eigenvalue weighted by Crippen LogP contribution is 2.19. The number of rotatable bonds is 7. The number of amides is 2. The van der Waals surface area contributed by atoms with E-state index in [1.54, 1.807) is 24.3 Å². The number of hydrogen-bond acceptors (Lipinski definition) is 5. The molecule has 0 saturated carbocycles. The molecule has 7 nitrogen and oxygen atoms in total. The second-order valence-corrected chi connectivity index (χ2v) is 8.64. The van der Waals surface area contributed by atoms with E-state index in [0.717, 1.165) is 5.56 Å². The van der Waals surface area contributed by atoms with Gasteiger partial charge in [0.15, 0.2) is 5.82 Å². The predicted octanol–water partition coefficient (Wildman–Crippen LogP) is 3.68. The van der Waals surface area contributed by atoms with E-state index in [9.17, 15) is 9.59 Å². The van der Waals surface area contributed by atoms with Gasteiger partial charge in [0.2, 0.25) is 11.8 Å². The van der Waals surface area contributed by atoms with Crippen molar-refractivity contribution in [1.82, 2.24) is 20.8 Å². The van der Waals surface area contributed by atoms with E-state index >= 15 is 0 Å². The van der Waals surface area contributed by atoms with Crippen molar-refractivity contribution in [1.29, 1.82) is 0 Å². The van der Waals surface area contributed by atoms with Gasteiger partial charge in [-0.05, 0) is 29.8 Å². The fourth-order valence-electron chi connectivity index (χ4n) is 2.82. The second kappa shape index (κ2) is 9.75. The van der Waals surface area contributed by atoms with Crippen LogP contribution in [-0.4, -0.2) is 28.0 Å². The Balaban J connectivity index is 1.70. The van der Waals surface area contributed by atoms with Crippen molar-refractivity contribution in [3.05, 3.63) is 82.5 Å². The molecule has 0 aliphatic rings. The Kier molecular flexibility index (Phi) is 7.07. The van der Waals surface area contributed by atoms with Gasteiger partial charge in [-0.3, -0.25) is 9.59 Å². The topological polar surface area (TPSA) is 97.1 Å². The summed E-state index contributed by atoms with van der Waals surface area (Å²) in [5.74, 6) is 0.171. The third-order valence-corrected chi connectivity index (χ3v) is 4.79. The number of nitrogens with zero attached hydrogens (tertiary/aromatic N) is 2. The minimum atomic E-state index is -0.778. The molecule has 2 aromatic carbocycles. The molecule has 2 amide bonds. The lowest BCUT2D eigenvalue weighted by molar-refractivity contribution is -0.123. The van der Waals surface area contributed by atoms with Gasteiger partial charge < -0.3 is 15.2 Å². The first-order valence-electron chi connectivity index (χ1n) is 9.93. The highest BCUT2D eigenvalue weighted by Gasteiger charge is 2.24. The summed E-state index contributed by atoms with van der Waals surface area (Å²) in [4.78, 5) is 29.9. The number of hydrogen-bond donors (Lipinski definition) is 2. The number of nitrogens with one attached hydrogen (secondary N) is 2. The molecule has 0 spiro atoms. The summed E-state index contributed by atoms with van der Waals surface area (Å²) in [7, 11) is 0. The average Bonchev–Trinajstić information content (AvgIpc) is 3.22. The minimum absolute atomic E-state index is 0.0977. The van der Waals surface area contributed by atoms with Gasteiger partial charge >= 0.3 is 0 Å². The molecular weight excluding hydrogens is 416 g/mol. The first kappa shape index (κ1) is 22.5. The number of aromatic nitrogens is 2. The molecule has 0 radical (unpaired) electrons. The molecule has 3 rings (SSSR count). The summed E-state index contributed by atoms with van der Waals surface area (Å²) in [5, 5.41) is 10.0. The van der Waals surface area contributed by atoms with Crippen molar-refractivity contribution in [2.24, 2.45) is 0 Å². The molecule has 1 unspecified atom stereocenters. The molecule has 0 aliphatic heterocycles.